The lowest BCUT2D eigenvalue weighted by molar-refractivity contribution is 0.883. The molecule has 0 aliphatic rings. The number of rotatable bonds is 2. The molecule has 0 saturated carbocycles. The number of aromatic nitrogens is 1. The molecule has 0 radical (unpaired) electrons. The summed E-state index contributed by atoms with van der Waals surface area (Å²) in [5, 5.41) is 0. The van der Waals surface area contributed by atoms with Crippen LogP contribution >= 0.6 is 27.3 Å². The van der Waals surface area contributed by atoms with E-state index >= 15 is 0 Å². The lowest BCUT2D eigenvalue weighted by atomic mass is 10.1. The van der Waals surface area contributed by atoms with Crippen molar-refractivity contribution in [2.24, 2.45) is 5.73 Å². The minimum absolute atomic E-state index is 0.0753. The van der Waals surface area contributed by atoms with E-state index in [1.807, 2.05) is 18.3 Å². The Hall–Kier alpha value is -0.710. The normalized spacial score (nSPS) is 12.7. The van der Waals surface area contributed by atoms with E-state index in [-0.39, 0.29) is 6.04 Å². The second kappa shape index (κ2) is 4.43. The topological polar surface area (TPSA) is 38.9 Å². The Labute approximate surface area is 101 Å². The third-order valence-electron chi connectivity index (χ3n) is 2.23. The number of nitrogens with zero attached hydrogens (tertiary/aromatic N) is 1. The van der Waals surface area contributed by atoms with Crippen LogP contribution in [-0.4, -0.2) is 4.98 Å². The predicted molar refractivity (Wildman–Crippen MR) is 67.0 cm³/mol. The minimum atomic E-state index is -0.0753. The van der Waals surface area contributed by atoms with Crippen LogP contribution in [0.3, 0.4) is 0 Å². The maximum absolute atomic E-state index is 6.15. The zero-order valence-electron chi connectivity index (χ0n) is 8.27. The maximum Gasteiger partial charge on any atom is 0.0731 e. The Balaban J connectivity index is 2.32. The van der Waals surface area contributed by atoms with Gasteiger partial charge in [-0.1, -0.05) is 6.07 Å². The minimum Gasteiger partial charge on any atom is -0.320 e. The van der Waals surface area contributed by atoms with Crippen LogP contribution in [0.1, 0.15) is 22.0 Å². The van der Waals surface area contributed by atoms with Crippen LogP contribution in [0.2, 0.25) is 0 Å². The van der Waals surface area contributed by atoms with Gasteiger partial charge in [-0.3, -0.25) is 4.98 Å². The Morgan fingerprint density at radius 1 is 1.53 bits per heavy atom. The highest BCUT2D eigenvalue weighted by atomic mass is 79.9. The molecule has 0 saturated heterocycles. The van der Waals surface area contributed by atoms with Gasteiger partial charge in [-0.25, -0.2) is 0 Å². The summed E-state index contributed by atoms with van der Waals surface area (Å²) in [5.74, 6) is 0. The van der Waals surface area contributed by atoms with Gasteiger partial charge in [0, 0.05) is 17.3 Å². The summed E-state index contributed by atoms with van der Waals surface area (Å²) < 4.78 is 1.15. The summed E-state index contributed by atoms with van der Waals surface area (Å²) >= 11 is 5.19. The molecular formula is C11H11BrN2S. The molecule has 0 aromatic carbocycles. The molecule has 1 atom stereocenters. The molecule has 78 valence electrons. The van der Waals surface area contributed by atoms with Gasteiger partial charge in [0.05, 0.1) is 9.83 Å². The van der Waals surface area contributed by atoms with Gasteiger partial charge in [-0.05, 0) is 46.1 Å². The molecule has 0 aliphatic carbocycles. The third kappa shape index (κ3) is 2.27. The van der Waals surface area contributed by atoms with Gasteiger partial charge in [0.25, 0.3) is 0 Å². The molecule has 2 nitrogen and oxygen atoms in total. The molecule has 15 heavy (non-hydrogen) atoms. The van der Waals surface area contributed by atoms with Crippen molar-refractivity contribution in [2.45, 2.75) is 13.0 Å². The second-order valence-corrected chi connectivity index (χ2v) is 5.77. The van der Waals surface area contributed by atoms with Crippen molar-refractivity contribution in [1.82, 2.24) is 4.98 Å². The molecule has 1 unspecified atom stereocenters. The van der Waals surface area contributed by atoms with E-state index in [4.69, 9.17) is 5.73 Å². The number of thiophene rings is 1. The summed E-state index contributed by atoms with van der Waals surface area (Å²) in [5.41, 5.74) is 8.43. The van der Waals surface area contributed by atoms with Crippen molar-refractivity contribution in [3.63, 3.8) is 0 Å². The van der Waals surface area contributed by atoms with E-state index in [1.54, 1.807) is 17.5 Å². The van der Waals surface area contributed by atoms with Crippen molar-refractivity contribution < 1.29 is 0 Å². The summed E-state index contributed by atoms with van der Waals surface area (Å²) in [6, 6.07) is 5.95. The first-order valence-electron chi connectivity index (χ1n) is 4.60. The van der Waals surface area contributed by atoms with E-state index in [2.05, 4.69) is 33.9 Å². The molecule has 0 aliphatic heterocycles. The molecule has 0 fully saturated rings. The summed E-state index contributed by atoms with van der Waals surface area (Å²) in [6.07, 6.45) is 3.57. The smallest absolute Gasteiger partial charge is 0.0731 e. The first kappa shape index (κ1) is 10.8. The van der Waals surface area contributed by atoms with Crippen LogP contribution in [0.4, 0.5) is 0 Å². The fraction of sp³-hybridized carbons (Fsp3) is 0.182. The summed E-state index contributed by atoms with van der Waals surface area (Å²) in [4.78, 5) is 5.23. The number of halogens is 1. The lowest BCUT2D eigenvalue weighted by Gasteiger charge is -2.08. The first-order chi connectivity index (χ1) is 7.18. The Kier molecular flexibility index (Phi) is 3.19. The van der Waals surface area contributed by atoms with Crippen molar-refractivity contribution >= 4 is 27.3 Å². The van der Waals surface area contributed by atoms with Crippen molar-refractivity contribution in [2.75, 3.05) is 0 Å². The number of hydrogen-bond donors (Lipinski definition) is 1. The van der Waals surface area contributed by atoms with E-state index in [0.717, 1.165) is 14.2 Å². The lowest BCUT2D eigenvalue weighted by Crippen LogP contribution is -2.10. The van der Waals surface area contributed by atoms with Gasteiger partial charge >= 0.3 is 0 Å². The number of aryl methyl sites for hydroxylation is 1. The molecule has 0 bridgehead atoms. The van der Waals surface area contributed by atoms with Crippen molar-refractivity contribution in [3.8, 4) is 0 Å². The maximum atomic E-state index is 6.15. The van der Waals surface area contributed by atoms with E-state index in [9.17, 15) is 0 Å². The number of pyridine rings is 1. The number of nitrogens with two attached hydrogens (primary N) is 1. The molecule has 2 aromatic rings. The summed E-state index contributed by atoms with van der Waals surface area (Å²) in [6.45, 7) is 2.07. The molecule has 2 rings (SSSR count). The van der Waals surface area contributed by atoms with Gasteiger partial charge in [-0.2, -0.15) is 0 Å². The van der Waals surface area contributed by atoms with E-state index in [1.165, 1.54) is 5.56 Å². The van der Waals surface area contributed by atoms with Crippen LogP contribution in [0, 0.1) is 6.92 Å². The molecule has 0 amide bonds. The quantitative estimate of drug-likeness (QED) is 0.918. The van der Waals surface area contributed by atoms with Gasteiger partial charge in [0.15, 0.2) is 0 Å². The average Bonchev–Trinajstić information content (AvgIpc) is 2.59. The van der Waals surface area contributed by atoms with Crippen LogP contribution < -0.4 is 5.73 Å². The highest BCUT2D eigenvalue weighted by molar-refractivity contribution is 9.11. The second-order valence-electron chi connectivity index (χ2n) is 3.37. The fourth-order valence-corrected chi connectivity index (χ4v) is 2.96. The Morgan fingerprint density at radius 2 is 2.33 bits per heavy atom. The van der Waals surface area contributed by atoms with Gasteiger partial charge < -0.3 is 5.73 Å². The average molecular weight is 283 g/mol. The standard InChI is InChI=1S/C11H11BrN2S/c1-7-5-9(15-11(7)12)10(13)8-3-2-4-14-6-8/h2-6,10H,13H2,1H3. The highest BCUT2D eigenvalue weighted by Gasteiger charge is 2.12. The fourth-order valence-electron chi connectivity index (χ4n) is 1.36. The third-order valence-corrected chi connectivity index (χ3v) is 4.45. The van der Waals surface area contributed by atoms with Gasteiger partial charge in [0.1, 0.15) is 0 Å². The van der Waals surface area contributed by atoms with Crippen molar-refractivity contribution in [3.05, 3.63) is 50.4 Å². The Bertz CT molecular complexity index is 433. The Morgan fingerprint density at radius 3 is 2.87 bits per heavy atom. The summed E-state index contributed by atoms with van der Waals surface area (Å²) in [7, 11) is 0. The molecule has 0 spiro atoms. The molecule has 2 heterocycles. The van der Waals surface area contributed by atoms with E-state index < -0.39 is 0 Å². The SMILES string of the molecule is Cc1cc(C(N)c2cccnc2)sc1Br. The highest BCUT2D eigenvalue weighted by Crippen LogP contribution is 2.32. The molecule has 2 N–H and O–H groups in total. The van der Waals surface area contributed by atoms with Crippen LogP contribution in [0.15, 0.2) is 34.4 Å². The molecule has 2 aromatic heterocycles. The zero-order chi connectivity index (χ0) is 10.8. The molecule has 4 heteroatoms. The number of hydrogen-bond acceptors (Lipinski definition) is 3. The van der Waals surface area contributed by atoms with E-state index in [0.29, 0.717) is 0 Å². The van der Waals surface area contributed by atoms with Gasteiger partial charge in [0.2, 0.25) is 0 Å². The predicted octanol–water partition coefficient (Wildman–Crippen LogP) is 3.26. The van der Waals surface area contributed by atoms with Crippen LogP contribution in [-0.2, 0) is 0 Å². The van der Waals surface area contributed by atoms with Gasteiger partial charge in [-0.15, -0.1) is 11.3 Å². The van der Waals surface area contributed by atoms with Crippen LogP contribution in [0.25, 0.3) is 0 Å². The molecular weight excluding hydrogens is 272 g/mol. The largest absolute Gasteiger partial charge is 0.320 e. The van der Waals surface area contributed by atoms with Crippen molar-refractivity contribution in [1.29, 1.82) is 0 Å². The first-order valence-corrected chi connectivity index (χ1v) is 6.21. The monoisotopic (exact) mass is 282 g/mol. The zero-order valence-corrected chi connectivity index (χ0v) is 10.7. The van der Waals surface area contributed by atoms with Crippen LogP contribution in [0.5, 0.6) is 0 Å².